The number of fused-ring (bicyclic) bond motifs is 1. The molecule has 6 nitrogen and oxygen atoms in total. The Morgan fingerprint density at radius 1 is 1.07 bits per heavy atom. The van der Waals surface area contributed by atoms with Crippen molar-refractivity contribution in [3.05, 3.63) is 82.2 Å². The molecule has 0 saturated heterocycles. The molecule has 1 aromatic carbocycles. The van der Waals surface area contributed by atoms with Gasteiger partial charge in [-0.05, 0) is 29.8 Å². The molecule has 0 spiro atoms. The van der Waals surface area contributed by atoms with Crippen LogP contribution in [0.15, 0.2) is 59.7 Å². The van der Waals surface area contributed by atoms with Gasteiger partial charge in [-0.3, -0.25) is 14.6 Å². The second-order valence-corrected chi connectivity index (χ2v) is 6.33. The monoisotopic (exact) mass is 365 g/mol. The Labute approximate surface area is 154 Å². The molecule has 0 fully saturated rings. The average molecular weight is 365 g/mol. The van der Waals surface area contributed by atoms with Crippen molar-refractivity contribution >= 4 is 5.91 Å². The third-order valence-corrected chi connectivity index (χ3v) is 4.58. The van der Waals surface area contributed by atoms with E-state index in [0.717, 1.165) is 5.56 Å². The zero-order valence-corrected chi connectivity index (χ0v) is 14.3. The van der Waals surface area contributed by atoms with E-state index in [9.17, 15) is 19.1 Å². The maximum Gasteiger partial charge on any atom is 0.274 e. The standard InChI is InChI=1S/C20H16FN3O3/c21-14-6-4-13(5-7-14)11-24-10-9-23-12-15(16-3-1-2-8-22-16)18(25)19(26)17(23)20(24)27/h1-8,12,26H,9-11H2. The zero-order chi connectivity index (χ0) is 19.0. The largest absolute Gasteiger partial charge is 0.503 e. The highest BCUT2D eigenvalue weighted by atomic mass is 19.1. The summed E-state index contributed by atoms with van der Waals surface area (Å²) >= 11 is 0. The molecule has 0 bridgehead atoms. The van der Waals surface area contributed by atoms with E-state index in [0.29, 0.717) is 18.8 Å². The molecule has 0 unspecified atom stereocenters. The van der Waals surface area contributed by atoms with Crippen molar-refractivity contribution < 1.29 is 14.3 Å². The number of hydrogen-bond donors (Lipinski definition) is 1. The molecule has 1 amide bonds. The SMILES string of the molecule is O=C1c2c(O)c(=O)c(-c3ccccn3)cn2CCN1Cc1ccc(F)cc1. The molecule has 1 N–H and O–H groups in total. The lowest BCUT2D eigenvalue weighted by Gasteiger charge is -2.30. The van der Waals surface area contributed by atoms with Gasteiger partial charge >= 0.3 is 0 Å². The predicted molar refractivity (Wildman–Crippen MR) is 96.7 cm³/mol. The molecule has 27 heavy (non-hydrogen) atoms. The van der Waals surface area contributed by atoms with Gasteiger partial charge in [-0.15, -0.1) is 0 Å². The first kappa shape index (κ1) is 17.0. The molecule has 0 saturated carbocycles. The second-order valence-electron chi connectivity index (χ2n) is 6.33. The molecule has 3 aromatic rings. The van der Waals surface area contributed by atoms with Crippen molar-refractivity contribution in [3.8, 4) is 17.0 Å². The Bertz CT molecular complexity index is 1060. The van der Waals surface area contributed by atoms with E-state index >= 15 is 0 Å². The predicted octanol–water partition coefficient (Wildman–Crippen LogP) is 2.41. The van der Waals surface area contributed by atoms with Crippen LogP contribution in [0.4, 0.5) is 4.39 Å². The van der Waals surface area contributed by atoms with Gasteiger partial charge in [-0.25, -0.2) is 4.39 Å². The first-order valence-electron chi connectivity index (χ1n) is 8.46. The number of carbonyl (C=O) groups is 1. The molecule has 7 heteroatoms. The molecule has 4 rings (SSSR count). The number of hydrogen-bond acceptors (Lipinski definition) is 4. The number of rotatable bonds is 3. The highest BCUT2D eigenvalue weighted by molar-refractivity contribution is 5.96. The van der Waals surface area contributed by atoms with E-state index in [4.69, 9.17) is 0 Å². The third-order valence-electron chi connectivity index (χ3n) is 4.58. The second kappa shape index (κ2) is 6.68. The van der Waals surface area contributed by atoms with Gasteiger partial charge in [0, 0.05) is 32.0 Å². The highest BCUT2D eigenvalue weighted by Gasteiger charge is 2.29. The third kappa shape index (κ3) is 3.08. The molecular formula is C20H16FN3O3. The fraction of sp³-hybridized carbons (Fsp3) is 0.150. The lowest BCUT2D eigenvalue weighted by Crippen LogP contribution is -2.41. The summed E-state index contributed by atoms with van der Waals surface area (Å²) in [5.74, 6) is -1.36. The Hall–Kier alpha value is -3.48. The summed E-state index contributed by atoms with van der Waals surface area (Å²) in [5, 5.41) is 10.4. The van der Waals surface area contributed by atoms with Crippen LogP contribution in [-0.2, 0) is 13.1 Å². The van der Waals surface area contributed by atoms with Crippen molar-refractivity contribution in [1.82, 2.24) is 14.5 Å². The molecule has 0 aliphatic carbocycles. The van der Waals surface area contributed by atoms with Crippen LogP contribution in [0, 0.1) is 5.82 Å². The van der Waals surface area contributed by atoms with Crippen LogP contribution in [-0.4, -0.2) is 32.0 Å². The number of amides is 1. The van der Waals surface area contributed by atoms with Gasteiger partial charge < -0.3 is 14.6 Å². The number of benzene rings is 1. The van der Waals surface area contributed by atoms with Crippen LogP contribution in [0.25, 0.3) is 11.3 Å². The fourth-order valence-electron chi connectivity index (χ4n) is 3.20. The van der Waals surface area contributed by atoms with Crippen molar-refractivity contribution in [3.63, 3.8) is 0 Å². The van der Waals surface area contributed by atoms with E-state index in [1.54, 1.807) is 47.3 Å². The van der Waals surface area contributed by atoms with E-state index in [1.165, 1.54) is 17.0 Å². The molecule has 0 atom stereocenters. The van der Waals surface area contributed by atoms with Crippen LogP contribution in [0.5, 0.6) is 5.75 Å². The van der Waals surface area contributed by atoms with E-state index < -0.39 is 17.1 Å². The molecule has 3 heterocycles. The van der Waals surface area contributed by atoms with Crippen LogP contribution < -0.4 is 5.43 Å². The van der Waals surface area contributed by atoms with Gasteiger partial charge in [0.1, 0.15) is 5.82 Å². The lowest BCUT2D eigenvalue weighted by atomic mass is 10.1. The quantitative estimate of drug-likeness (QED) is 0.773. The summed E-state index contributed by atoms with van der Waals surface area (Å²) in [6, 6.07) is 11.0. The number of pyridine rings is 2. The maximum atomic E-state index is 13.1. The summed E-state index contributed by atoms with van der Waals surface area (Å²) in [6.45, 7) is 1.11. The maximum absolute atomic E-state index is 13.1. The van der Waals surface area contributed by atoms with Crippen LogP contribution in [0.3, 0.4) is 0 Å². The Morgan fingerprint density at radius 2 is 1.85 bits per heavy atom. The topological polar surface area (TPSA) is 75.4 Å². The summed E-state index contributed by atoms with van der Waals surface area (Å²) in [7, 11) is 0. The number of carbonyl (C=O) groups excluding carboxylic acids is 1. The van der Waals surface area contributed by atoms with E-state index in [2.05, 4.69) is 4.98 Å². The van der Waals surface area contributed by atoms with E-state index in [-0.39, 0.29) is 23.6 Å². The number of halogens is 1. The summed E-state index contributed by atoms with van der Waals surface area (Å²) in [6.07, 6.45) is 3.12. The Balaban J connectivity index is 1.70. The van der Waals surface area contributed by atoms with Crippen LogP contribution in [0.1, 0.15) is 16.1 Å². The van der Waals surface area contributed by atoms with Gasteiger partial charge in [0.2, 0.25) is 5.43 Å². The van der Waals surface area contributed by atoms with Crippen molar-refractivity contribution in [2.75, 3.05) is 6.54 Å². The fourth-order valence-corrected chi connectivity index (χ4v) is 3.20. The average Bonchev–Trinajstić information content (AvgIpc) is 2.69. The molecule has 2 aromatic heterocycles. The zero-order valence-electron chi connectivity index (χ0n) is 14.3. The first-order valence-corrected chi connectivity index (χ1v) is 8.46. The van der Waals surface area contributed by atoms with Gasteiger partial charge in [-0.1, -0.05) is 18.2 Å². The molecule has 136 valence electrons. The lowest BCUT2D eigenvalue weighted by molar-refractivity contribution is 0.0683. The van der Waals surface area contributed by atoms with Gasteiger partial charge in [0.05, 0.1) is 11.3 Å². The van der Waals surface area contributed by atoms with Gasteiger partial charge in [0.25, 0.3) is 5.91 Å². The molecule has 1 aliphatic heterocycles. The number of aromatic hydroxyl groups is 1. The van der Waals surface area contributed by atoms with Crippen LogP contribution >= 0.6 is 0 Å². The minimum Gasteiger partial charge on any atom is -0.503 e. The normalized spacial score (nSPS) is 13.5. The Kier molecular flexibility index (Phi) is 4.19. The molecular weight excluding hydrogens is 349 g/mol. The summed E-state index contributed by atoms with van der Waals surface area (Å²) < 4.78 is 14.6. The highest BCUT2D eigenvalue weighted by Crippen LogP contribution is 2.24. The van der Waals surface area contributed by atoms with Crippen molar-refractivity contribution in [2.24, 2.45) is 0 Å². The molecule has 0 radical (unpaired) electrons. The molecule has 1 aliphatic rings. The smallest absolute Gasteiger partial charge is 0.274 e. The minimum absolute atomic E-state index is 0.0342. The van der Waals surface area contributed by atoms with Gasteiger partial charge in [-0.2, -0.15) is 0 Å². The van der Waals surface area contributed by atoms with E-state index in [1.807, 2.05) is 0 Å². The Morgan fingerprint density at radius 3 is 2.56 bits per heavy atom. The van der Waals surface area contributed by atoms with Gasteiger partial charge in [0.15, 0.2) is 11.4 Å². The minimum atomic E-state index is -0.628. The first-order chi connectivity index (χ1) is 13.0. The van der Waals surface area contributed by atoms with Crippen molar-refractivity contribution in [2.45, 2.75) is 13.1 Å². The van der Waals surface area contributed by atoms with Crippen LogP contribution in [0.2, 0.25) is 0 Å². The number of aromatic nitrogens is 2. The van der Waals surface area contributed by atoms with Crippen molar-refractivity contribution in [1.29, 1.82) is 0 Å². The number of nitrogens with zero attached hydrogens (tertiary/aromatic N) is 3. The summed E-state index contributed by atoms with van der Waals surface area (Å²) in [4.78, 5) is 31.1. The summed E-state index contributed by atoms with van der Waals surface area (Å²) in [5.41, 5.74) is 0.793.